The third-order valence-corrected chi connectivity index (χ3v) is 2.82. The Hall–Kier alpha value is -3.03. The fourth-order valence-corrected chi connectivity index (χ4v) is 1.79. The summed E-state index contributed by atoms with van der Waals surface area (Å²) in [4.78, 5) is 36.2. The highest BCUT2D eigenvalue weighted by Crippen LogP contribution is 2.26. The number of carbonyl (C=O) groups is 1. The fourth-order valence-electron chi connectivity index (χ4n) is 1.79. The third kappa shape index (κ3) is 2.64. The van der Waals surface area contributed by atoms with Crippen molar-refractivity contribution < 1.29 is 19.4 Å². The molecule has 1 heterocycles. The number of carboxylic acid groups (broad SMARTS) is 1. The van der Waals surface area contributed by atoms with Crippen LogP contribution in [0.25, 0.3) is 5.69 Å². The second kappa shape index (κ2) is 5.53. The highest BCUT2D eigenvalue weighted by Gasteiger charge is 2.15. The molecule has 8 nitrogen and oxygen atoms in total. The molecule has 0 aliphatic heterocycles. The average Bonchev–Trinajstić information content (AvgIpc) is 2.46. The summed E-state index contributed by atoms with van der Waals surface area (Å²) < 4.78 is 11.2. The lowest BCUT2D eigenvalue weighted by molar-refractivity contribution is 0.0694. The minimum absolute atomic E-state index is 0.280. The Morgan fingerprint density at radius 2 is 1.95 bits per heavy atom. The molecule has 0 saturated heterocycles. The number of hydrogen-bond acceptors (Lipinski definition) is 5. The number of H-pyrrole nitrogens is 1. The van der Waals surface area contributed by atoms with Crippen molar-refractivity contribution in [2.45, 2.75) is 0 Å². The van der Waals surface area contributed by atoms with Crippen LogP contribution in [0, 0.1) is 0 Å². The van der Waals surface area contributed by atoms with Gasteiger partial charge in [-0.15, -0.1) is 0 Å². The predicted octanol–water partition coefficient (Wildman–Crippen LogP) is 0.241. The van der Waals surface area contributed by atoms with Crippen molar-refractivity contribution in [2.24, 2.45) is 0 Å². The molecule has 1 aromatic heterocycles. The number of benzene rings is 1. The summed E-state index contributed by atoms with van der Waals surface area (Å²) in [5.41, 5.74) is -2.00. The van der Waals surface area contributed by atoms with Crippen LogP contribution in [-0.4, -0.2) is 34.8 Å². The molecule has 0 saturated carbocycles. The minimum Gasteiger partial charge on any atom is -0.497 e. The van der Waals surface area contributed by atoms with E-state index in [9.17, 15) is 14.4 Å². The van der Waals surface area contributed by atoms with E-state index in [1.54, 1.807) is 6.07 Å². The largest absolute Gasteiger partial charge is 0.497 e. The highest BCUT2D eigenvalue weighted by molar-refractivity contribution is 5.86. The van der Waals surface area contributed by atoms with E-state index in [0.29, 0.717) is 11.5 Å². The van der Waals surface area contributed by atoms with Crippen molar-refractivity contribution >= 4 is 5.97 Å². The molecule has 110 valence electrons. The van der Waals surface area contributed by atoms with Crippen LogP contribution in [0.3, 0.4) is 0 Å². The number of methoxy groups -OCH3 is 2. The monoisotopic (exact) mass is 292 g/mol. The quantitative estimate of drug-likeness (QED) is 0.835. The van der Waals surface area contributed by atoms with Crippen LogP contribution in [-0.2, 0) is 0 Å². The molecule has 0 fully saturated rings. The van der Waals surface area contributed by atoms with Crippen LogP contribution in [0.1, 0.15) is 10.4 Å². The van der Waals surface area contributed by atoms with E-state index in [0.717, 1.165) is 10.8 Å². The van der Waals surface area contributed by atoms with E-state index in [1.165, 1.54) is 26.4 Å². The zero-order chi connectivity index (χ0) is 15.6. The molecule has 2 aromatic rings. The summed E-state index contributed by atoms with van der Waals surface area (Å²) in [6.07, 6.45) is 0.952. The Morgan fingerprint density at radius 3 is 2.52 bits per heavy atom. The molecule has 2 N–H and O–H groups in total. The van der Waals surface area contributed by atoms with E-state index in [1.807, 2.05) is 4.98 Å². The van der Waals surface area contributed by atoms with Crippen molar-refractivity contribution in [3.63, 3.8) is 0 Å². The van der Waals surface area contributed by atoms with Crippen LogP contribution < -0.4 is 20.7 Å². The van der Waals surface area contributed by atoms with Gasteiger partial charge in [0.15, 0.2) is 0 Å². The van der Waals surface area contributed by atoms with E-state index in [4.69, 9.17) is 14.6 Å². The first-order chi connectivity index (χ1) is 9.97. The topological polar surface area (TPSA) is 111 Å². The van der Waals surface area contributed by atoms with Crippen LogP contribution >= 0.6 is 0 Å². The summed E-state index contributed by atoms with van der Waals surface area (Å²) in [5, 5.41) is 8.95. The Kier molecular flexibility index (Phi) is 3.79. The SMILES string of the molecule is COc1ccc(-n2cc(C(=O)O)c(=O)[nH]c2=O)c(OC)c1. The lowest BCUT2D eigenvalue weighted by Gasteiger charge is -2.12. The summed E-state index contributed by atoms with van der Waals surface area (Å²) in [6.45, 7) is 0. The highest BCUT2D eigenvalue weighted by atomic mass is 16.5. The number of nitrogens with one attached hydrogen (secondary N) is 1. The summed E-state index contributed by atoms with van der Waals surface area (Å²) in [5.74, 6) is -0.635. The van der Waals surface area contributed by atoms with Gasteiger partial charge in [-0.3, -0.25) is 14.3 Å². The molecule has 21 heavy (non-hydrogen) atoms. The van der Waals surface area contributed by atoms with Gasteiger partial charge in [-0.25, -0.2) is 9.59 Å². The molecule has 0 bridgehead atoms. The number of aromatic nitrogens is 2. The maximum Gasteiger partial charge on any atom is 0.342 e. The maximum absolute atomic E-state index is 11.9. The molecular weight excluding hydrogens is 280 g/mol. The van der Waals surface area contributed by atoms with Crippen molar-refractivity contribution in [3.05, 3.63) is 50.8 Å². The zero-order valence-electron chi connectivity index (χ0n) is 11.2. The molecule has 0 radical (unpaired) electrons. The van der Waals surface area contributed by atoms with Gasteiger partial charge in [0.25, 0.3) is 5.56 Å². The van der Waals surface area contributed by atoms with Crippen LogP contribution in [0.5, 0.6) is 11.5 Å². The summed E-state index contributed by atoms with van der Waals surface area (Å²) >= 11 is 0. The van der Waals surface area contributed by atoms with Gasteiger partial charge in [-0.1, -0.05) is 0 Å². The Morgan fingerprint density at radius 1 is 1.24 bits per heavy atom. The second-order valence-electron chi connectivity index (χ2n) is 4.01. The zero-order valence-corrected chi connectivity index (χ0v) is 11.2. The number of ether oxygens (including phenoxy) is 2. The lowest BCUT2D eigenvalue weighted by atomic mass is 10.2. The Bertz CT molecular complexity index is 805. The average molecular weight is 292 g/mol. The molecule has 2 rings (SSSR count). The fraction of sp³-hybridized carbons (Fsp3) is 0.154. The standard InChI is InChI=1S/C13H12N2O6/c1-20-7-3-4-9(10(5-7)21-2)15-6-8(12(17)18)11(16)14-13(15)19/h3-6H,1-2H3,(H,17,18)(H,14,16,19). The number of hydrogen-bond donors (Lipinski definition) is 2. The first-order valence-electron chi connectivity index (χ1n) is 5.79. The molecule has 0 amide bonds. The van der Waals surface area contributed by atoms with Crippen LogP contribution in [0.15, 0.2) is 34.0 Å². The van der Waals surface area contributed by atoms with E-state index < -0.39 is 22.8 Å². The van der Waals surface area contributed by atoms with Gasteiger partial charge in [0.1, 0.15) is 17.1 Å². The van der Waals surface area contributed by atoms with Gasteiger partial charge >= 0.3 is 11.7 Å². The predicted molar refractivity (Wildman–Crippen MR) is 72.7 cm³/mol. The van der Waals surface area contributed by atoms with Crippen molar-refractivity contribution in [1.29, 1.82) is 0 Å². The van der Waals surface area contributed by atoms with Crippen molar-refractivity contribution in [2.75, 3.05) is 14.2 Å². The first kappa shape index (κ1) is 14.4. The summed E-state index contributed by atoms with van der Waals surface area (Å²) in [6, 6.07) is 4.63. The first-order valence-corrected chi connectivity index (χ1v) is 5.79. The smallest absolute Gasteiger partial charge is 0.342 e. The number of carboxylic acids is 1. The van der Waals surface area contributed by atoms with Gasteiger partial charge in [-0.05, 0) is 12.1 Å². The van der Waals surface area contributed by atoms with Gasteiger partial charge in [0.2, 0.25) is 0 Å². The maximum atomic E-state index is 11.9. The van der Waals surface area contributed by atoms with Crippen LogP contribution in [0.2, 0.25) is 0 Å². The van der Waals surface area contributed by atoms with E-state index in [2.05, 4.69) is 0 Å². The number of nitrogens with zero attached hydrogens (tertiary/aromatic N) is 1. The van der Waals surface area contributed by atoms with Gasteiger partial charge in [0, 0.05) is 12.3 Å². The molecule has 0 unspecified atom stereocenters. The summed E-state index contributed by atoms with van der Waals surface area (Å²) in [7, 11) is 2.87. The molecule has 1 aromatic carbocycles. The van der Waals surface area contributed by atoms with Gasteiger partial charge in [0.05, 0.1) is 19.9 Å². The van der Waals surface area contributed by atoms with E-state index >= 15 is 0 Å². The van der Waals surface area contributed by atoms with Gasteiger partial charge in [-0.2, -0.15) is 0 Å². The molecule has 0 aliphatic carbocycles. The molecule has 0 atom stereocenters. The van der Waals surface area contributed by atoms with E-state index in [-0.39, 0.29) is 5.69 Å². The number of aromatic amines is 1. The van der Waals surface area contributed by atoms with Crippen molar-refractivity contribution in [1.82, 2.24) is 9.55 Å². The Labute approximate surface area is 118 Å². The van der Waals surface area contributed by atoms with Crippen LogP contribution in [0.4, 0.5) is 0 Å². The molecule has 8 heteroatoms. The number of aromatic carboxylic acids is 1. The molecule has 0 aliphatic rings. The lowest BCUT2D eigenvalue weighted by Crippen LogP contribution is -2.32. The van der Waals surface area contributed by atoms with Crippen molar-refractivity contribution in [3.8, 4) is 17.2 Å². The minimum atomic E-state index is -1.43. The molecular formula is C13H12N2O6. The second-order valence-corrected chi connectivity index (χ2v) is 4.01. The number of rotatable bonds is 4. The van der Waals surface area contributed by atoms with Gasteiger partial charge < -0.3 is 14.6 Å². The normalized spacial score (nSPS) is 10.2. The third-order valence-electron chi connectivity index (χ3n) is 2.82. The molecule has 0 spiro atoms. The Balaban J connectivity index is 2.72.